The molecule has 106 valence electrons. The molecule has 0 spiro atoms. The highest BCUT2D eigenvalue weighted by Crippen LogP contribution is 2.21. The monoisotopic (exact) mass is 289 g/mol. The van der Waals surface area contributed by atoms with Crippen molar-refractivity contribution in [2.45, 2.75) is 40.2 Å². The van der Waals surface area contributed by atoms with Crippen LogP contribution >= 0.6 is 11.6 Å². The van der Waals surface area contributed by atoms with Crippen molar-refractivity contribution in [3.8, 4) is 0 Å². The van der Waals surface area contributed by atoms with Gasteiger partial charge in [0.2, 0.25) is 0 Å². The fourth-order valence-electron chi connectivity index (χ4n) is 2.03. The first kappa shape index (κ1) is 14.8. The number of nitrogens with zero attached hydrogens (tertiary/aromatic N) is 2. The Morgan fingerprint density at radius 1 is 1.15 bits per heavy atom. The zero-order valence-corrected chi connectivity index (χ0v) is 13.0. The Kier molecular flexibility index (Phi) is 4.96. The first-order valence-corrected chi connectivity index (χ1v) is 7.31. The van der Waals surface area contributed by atoms with Crippen LogP contribution in [0.15, 0.2) is 24.3 Å². The average Bonchev–Trinajstić information content (AvgIpc) is 2.43. The standard InChI is InChI=1S/C16H20ClN3/c1-4-7-14-19-15(17)12(3)16(20-14)18-10-13-9-6-5-8-11(13)2/h5-6,8-9H,4,7,10H2,1-3H3,(H,18,19,20). The van der Waals surface area contributed by atoms with Crippen LogP contribution in [-0.4, -0.2) is 9.97 Å². The molecule has 0 saturated carbocycles. The topological polar surface area (TPSA) is 37.8 Å². The van der Waals surface area contributed by atoms with Crippen molar-refractivity contribution in [2.24, 2.45) is 0 Å². The number of aromatic nitrogens is 2. The summed E-state index contributed by atoms with van der Waals surface area (Å²) in [5.41, 5.74) is 3.44. The highest BCUT2D eigenvalue weighted by Gasteiger charge is 2.09. The molecule has 20 heavy (non-hydrogen) atoms. The summed E-state index contributed by atoms with van der Waals surface area (Å²) in [4.78, 5) is 8.87. The van der Waals surface area contributed by atoms with Crippen LogP contribution in [0.5, 0.6) is 0 Å². The molecule has 0 atom stereocenters. The van der Waals surface area contributed by atoms with Crippen LogP contribution in [0.4, 0.5) is 5.82 Å². The third-order valence-corrected chi connectivity index (χ3v) is 3.68. The molecule has 2 aromatic rings. The average molecular weight is 290 g/mol. The van der Waals surface area contributed by atoms with Gasteiger partial charge < -0.3 is 5.32 Å². The summed E-state index contributed by atoms with van der Waals surface area (Å²) in [7, 11) is 0. The fraction of sp³-hybridized carbons (Fsp3) is 0.375. The van der Waals surface area contributed by atoms with Crippen LogP contribution in [-0.2, 0) is 13.0 Å². The largest absolute Gasteiger partial charge is 0.366 e. The van der Waals surface area contributed by atoms with E-state index in [2.05, 4.69) is 41.3 Å². The molecule has 0 bridgehead atoms. The predicted octanol–water partition coefficient (Wildman–Crippen LogP) is 4.31. The Morgan fingerprint density at radius 3 is 2.60 bits per heavy atom. The van der Waals surface area contributed by atoms with E-state index in [9.17, 15) is 0 Å². The molecular weight excluding hydrogens is 270 g/mol. The first-order valence-electron chi connectivity index (χ1n) is 6.93. The second kappa shape index (κ2) is 6.71. The fourth-order valence-corrected chi connectivity index (χ4v) is 2.21. The number of hydrogen-bond donors (Lipinski definition) is 1. The van der Waals surface area contributed by atoms with Gasteiger partial charge in [-0.3, -0.25) is 0 Å². The normalized spacial score (nSPS) is 10.6. The molecule has 3 nitrogen and oxygen atoms in total. The summed E-state index contributed by atoms with van der Waals surface area (Å²) >= 11 is 6.18. The maximum Gasteiger partial charge on any atom is 0.137 e. The summed E-state index contributed by atoms with van der Waals surface area (Å²) in [6.45, 7) is 6.90. The van der Waals surface area contributed by atoms with Crippen LogP contribution in [0.1, 0.15) is 35.9 Å². The van der Waals surface area contributed by atoms with E-state index in [0.29, 0.717) is 5.15 Å². The molecule has 1 heterocycles. The summed E-state index contributed by atoms with van der Waals surface area (Å²) in [6, 6.07) is 8.32. The van der Waals surface area contributed by atoms with Gasteiger partial charge in [-0.15, -0.1) is 0 Å². The summed E-state index contributed by atoms with van der Waals surface area (Å²) in [5.74, 6) is 1.63. The van der Waals surface area contributed by atoms with E-state index in [4.69, 9.17) is 11.6 Å². The van der Waals surface area contributed by atoms with Crippen LogP contribution in [0, 0.1) is 13.8 Å². The van der Waals surface area contributed by atoms with E-state index in [1.165, 1.54) is 11.1 Å². The third kappa shape index (κ3) is 3.48. The van der Waals surface area contributed by atoms with Crippen LogP contribution in [0.3, 0.4) is 0 Å². The van der Waals surface area contributed by atoms with Gasteiger partial charge in [-0.1, -0.05) is 42.8 Å². The van der Waals surface area contributed by atoms with Crippen molar-refractivity contribution in [2.75, 3.05) is 5.32 Å². The lowest BCUT2D eigenvalue weighted by Gasteiger charge is -2.12. The van der Waals surface area contributed by atoms with E-state index in [0.717, 1.165) is 36.6 Å². The number of nitrogens with one attached hydrogen (secondary N) is 1. The summed E-state index contributed by atoms with van der Waals surface area (Å²) in [6.07, 6.45) is 1.86. The Balaban J connectivity index is 2.18. The molecule has 2 rings (SSSR count). The lowest BCUT2D eigenvalue weighted by Crippen LogP contribution is -2.08. The van der Waals surface area contributed by atoms with E-state index >= 15 is 0 Å². The molecular formula is C16H20ClN3. The molecule has 1 N–H and O–H groups in total. The molecule has 1 aromatic carbocycles. The molecule has 0 aliphatic carbocycles. The van der Waals surface area contributed by atoms with Gasteiger partial charge in [-0.2, -0.15) is 0 Å². The maximum atomic E-state index is 6.18. The van der Waals surface area contributed by atoms with Crippen molar-refractivity contribution in [3.05, 3.63) is 51.9 Å². The Bertz CT molecular complexity index is 596. The minimum Gasteiger partial charge on any atom is -0.366 e. The van der Waals surface area contributed by atoms with Gasteiger partial charge in [0.15, 0.2) is 0 Å². The molecule has 0 unspecified atom stereocenters. The van der Waals surface area contributed by atoms with E-state index in [1.807, 2.05) is 19.1 Å². The smallest absolute Gasteiger partial charge is 0.137 e. The molecule has 0 radical (unpaired) electrons. The van der Waals surface area contributed by atoms with E-state index in [1.54, 1.807) is 0 Å². The Morgan fingerprint density at radius 2 is 1.90 bits per heavy atom. The highest BCUT2D eigenvalue weighted by molar-refractivity contribution is 6.30. The van der Waals surface area contributed by atoms with E-state index in [-0.39, 0.29) is 0 Å². The number of halogens is 1. The third-order valence-electron chi connectivity index (χ3n) is 3.31. The van der Waals surface area contributed by atoms with Crippen molar-refractivity contribution in [3.63, 3.8) is 0 Å². The number of benzene rings is 1. The van der Waals surface area contributed by atoms with Crippen molar-refractivity contribution in [1.82, 2.24) is 9.97 Å². The molecule has 0 fully saturated rings. The van der Waals surface area contributed by atoms with Gasteiger partial charge in [0, 0.05) is 18.5 Å². The Labute approximate surface area is 125 Å². The van der Waals surface area contributed by atoms with Gasteiger partial charge in [0.1, 0.15) is 16.8 Å². The lowest BCUT2D eigenvalue weighted by molar-refractivity contribution is 0.830. The highest BCUT2D eigenvalue weighted by atomic mass is 35.5. The minimum absolute atomic E-state index is 0.538. The number of anilines is 1. The summed E-state index contributed by atoms with van der Waals surface area (Å²) < 4.78 is 0. The molecule has 1 aromatic heterocycles. The molecule has 0 aliphatic rings. The summed E-state index contributed by atoms with van der Waals surface area (Å²) in [5, 5.41) is 3.91. The zero-order valence-electron chi connectivity index (χ0n) is 12.2. The van der Waals surface area contributed by atoms with Gasteiger partial charge in [-0.25, -0.2) is 9.97 Å². The molecule has 0 aliphatic heterocycles. The van der Waals surface area contributed by atoms with Gasteiger partial charge >= 0.3 is 0 Å². The SMILES string of the molecule is CCCc1nc(Cl)c(C)c(NCc2ccccc2C)n1. The van der Waals surface area contributed by atoms with Crippen molar-refractivity contribution >= 4 is 17.4 Å². The van der Waals surface area contributed by atoms with E-state index < -0.39 is 0 Å². The zero-order chi connectivity index (χ0) is 14.5. The number of aryl methyl sites for hydroxylation is 2. The van der Waals surface area contributed by atoms with Gasteiger partial charge in [-0.05, 0) is 31.4 Å². The number of rotatable bonds is 5. The molecule has 4 heteroatoms. The number of hydrogen-bond acceptors (Lipinski definition) is 3. The van der Waals surface area contributed by atoms with Crippen LogP contribution < -0.4 is 5.32 Å². The molecule has 0 amide bonds. The van der Waals surface area contributed by atoms with Crippen molar-refractivity contribution < 1.29 is 0 Å². The van der Waals surface area contributed by atoms with Crippen LogP contribution in [0.25, 0.3) is 0 Å². The second-order valence-electron chi connectivity index (χ2n) is 4.93. The van der Waals surface area contributed by atoms with Gasteiger partial charge in [0.25, 0.3) is 0 Å². The maximum absolute atomic E-state index is 6.18. The quantitative estimate of drug-likeness (QED) is 0.834. The minimum atomic E-state index is 0.538. The molecule has 0 saturated heterocycles. The lowest BCUT2D eigenvalue weighted by atomic mass is 10.1. The van der Waals surface area contributed by atoms with Crippen molar-refractivity contribution in [1.29, 1.82) is 0 Å². The predicted molar refractivity (Wildman–Crippen MR) is 84.3 cm³/mol. The second-order valence-corrected chi connectivity index (χ2v) is 5.29. The van der Waals surface area contributed by atoms with Crippen LogP contribution in [0.2, 0.25) is 5.15 Å². The first-order chi connectivity index (χ1) is 9.61. The Hall–Kier alpha value is -1.61. The van der Waals surface area contributed by atoms with Gasteiger partial charge in [0.05, 0.1) is 0 Å².